The quantitative estimate of drug-likeness (QED) is 0.481. The maximum Gasteiger partial charge on any atom is 0.341 e. The van der Waals surface area contributed by atoms with E-state index in [1.165, 1.54) is 39.9 Å². The van der Waals surface area contributed by atoms with Gasteiger partial charge in [-0.1, -0.05) is 45.1 Å². The molecular weight excluding hydrogens is 296 g/mol. The van der Waals surface area contributed by atoms with E-state index in [9.17, 15) is 9.59 Å². The number of carbonyl (C=O) groups is 2. The monoisotopic (exact) mass is 322 g/mol. The van der Waals surface area contributed by atoms with Crippen molar-refractivity contribution in [3.05, 3.63) is 29.3 Å². The Morgan fingerprint density at radius 1 is 0.870 bits per heavy atom. The van der Waals surface area contributed by atoms with Crippen molar-refractivity contribution in [3.63, 3.8) is 0 Å². The fourth-order valence-electron chi connectivity index (χ4n) is 2.29. The molecule has 0 saturated carbocycles. The average Bonchev–Trinajstić information content (AvgIpc) is 2.59. The summed E-state index contributed by atoms with van der Waals surface area (Å²) in [5.74, 6) is -0.831. The average molecular weight is 322 g/mol. The van der Waals surface area contributed by atoms with Crippen LogP contribution in [0.1, 0.15) is 66.2 Å². The molecule has 0 atom stereocenters. The lowest BCUT2D eigenvalue weighted by Gasteiger charge is -2.13. The van der Waals surface area contributed by atoms with Gasteiger partial charge in [0.1, 0.15) is 16.9 Å². The summed E-state index contributed by atoms with van der Waals surface area (Å²) in [5, 5.41) is 0. The van der Waals surface area contributed by atoms with Gasteiger partial charge in [0.25, 0.3) is 0 Å². The maximum atomic E-state index is 11.9. The molecule has 128 valence electrons. The van der Waals surface area contributed by atoms with Gasteiger partial charge in [0.2, 0.25) is 0 Å². The van der Waals surface area contributed by atoms with Crippen LogP contribution in [0.4, 0.5) is 0 Å². The first-order valence-corrected chi connectivity index (χ1v) is 8.08. The van der Waals surface area contributed by atoms with Crippen molar-refractivity contribution < 1.29 is 23.8 Å². The molecule has 0 heterocycles. The highest BCUT2D eigenvalue weighted by Gasteiger charge is 2.21. The van der Waals surface area contributed by atoms with Gasteiger partial charge in [0, 0.05) is 0 Å². The summed E-state index contributed by atoms with van der Waals surface area (Å²) in [6, 6.07) is 4.76. The minimum Gasteiger partial charge on any atom is -0.492 e. The van der Waals surface area contributed by atoms with Crippen molar-refractivity contribution in [2.24, 2.45) is 0 Å². The van der Waals surface area contributed by atoms with E-state index in [1.807, 2.05) is 0 Å². The van der Waals surface area contributed by atoms with Crippen LogP contribution in [-0.4, -0.2) is 32.8 Å². The van der Waals surface area contributed by atoms with E-state index in [-0.39, 0.29) is 16.9 Å². The minimum atomic E-state index is -0.534. The van der Waals surface area contributed by atoms with Crippen LogP contribution in [0.2, 0.25) is 0 Å². The van der Waals surface area contributed by atoms with Crippen LogP contribution in [0.5, 0.6) is 5.75 Å². The molecule has 0 bridgehead atoms. The van der Waals surface area contributed by atoms with E-state index >= 15 is 0 Å². The van der Waals surface area contributed by atoms with Crippen molar-refractivity contribution in [1.29, 1.82) is 0 Å². The van der Waals surface area contributed by atoms with Gasteiger partial charge in [-0.3, -0.25) is 0 Å². The summed E-state index contributed by atoms with van der Waals surface area (Å²) in [6.45, 7) is 2.63. The topological polar surface area (TPSA) is 61.8 Å². The molecule has 0 radical (unpaired) electrons. The summed E-state index contributed by atoms with van der Waals surface area (Å²) < 4.78 is 15.2. The van der Waals surface area contributed by atoms with Gasteiger partial charge in [-0.2, -0.15) is 0 Å². The zero-order valence-electron chi connectivity index (χ0n) is 14.2. The van der Waals surface area contributed by atoms with Crippen LogP contribution < -0.4 is 4.74 Å². The third-order valence-corrected chi connectivity index (χ3v) is 3.57. The van der Waals surface area contributed by atoms with E-state index in [4.69, 9.17) is 14.2 Å². The number of hydrogen-bond acceptors (Lipinski definition) is 5. The predicted octanol–water partition coefficient (Wildman–Crippen LogP) is 4.00. The van der Waals surface area contributed by atoms with Crippen LogP contribution in [-0.2, 0) is 9.47 Å². The van der Waals surface area contributed by atoms with Gasteiger partial charge >= 0.3 is 11.9 Å². The third kappa shape index (κ3) is 5.93. The van der Waals surface area contributed by atoms with Crippen LogP contribution in [0.25, 0.3) is 0 Å². The smallest absolute Gasteiger partial charge is 0.341 e. The number of ether oxygens (including phenoxy) is 3. The maximum absolute atomic E-state index is 11.9. The number of esters is 2. The largest absolute Gasteiger partial charge is 0.492 e. The standard InChI is InChI=1S/C18H26O5/c1-4-5-6-7-8-9-13-23-16-14(17(19)21-2)11-10-12-15(16)18(20)22-3/h10-12H,4-9,13H2,1-3H3. The molecule has 0 aliphatic rings. The molecule has 0 saturated heterocycles. The van der Waals surface area contributed by atoms with Crippen molar-refractivity contribution in [1.82, 2.24) is 0 Å². The fraction of sp³-hybridized carbons (Fsp3) is 0.556. The third-order valence-electron chi connectivity index (χ3n) is 3.57. The molecule has 23 heavy (non-hydrogen) atoms. The van der Waals surface area contributed by atoms with Gasteiger partial charge in [0.05, 0.1) is 20.8 Å². The van der Waals surface area contributed by atoms with Crippen LogP contribution in [0.3, 0.4) is 0 Å². The number of hydrogen-bond donors (Lipinski definition) is 0. The molecule has 0 aliphatic heterocycles. The molecule has 0 aromatic heterocycles. The number of rotatable bonds is 10. The Hall–Kier alpha value is -2.04. The zero-order valence-corrected chi connectivity index (χ0v) is 14.2. The Morgan fingerprint density at radius 2 is 1.39 bits per heavy atom. The van der Waals surface area contributed by atoms with Gasteiger partial charge in [-0.15, -0.1) is 0 Å². The zero-order chi connectivity index (χ0) is 17.1. The molecule has 0 aliphatic carbocycles. The summed E-state index contributed by atoms with van der Waals surface area (Å²) in [6.07, 6.45) is 6.79. The van der Waals surface area contributed by atoms with E-state index in [1.54, 1.807) is 18.2 Å². The molecule has 1 aromatic carbocycles. The predicted molar refractivity (Wildman–Crippen MR) is 88.0 cm³/mol. The Morgan fingerprint density at radius 3 is 1.91 bits per heavy atom. The van der Waals surface area contributed by atoms with Gasteiger partial charge in [-0.25, -0.2) is 9.59 Å². The molecule has 0 spiro atoms. The molecular formula is C18H26O5. The molecule has 5 heteroatoms. The van der Waals surface area contributed by atoms with Crippen LogP contribution >= 0.6 is 0 Å². The molecule has 5 nitrogen and oxygen atoms in total. The lowest BCUT2D eigenvalue weighted by atomic mass is 10.1. The first-order valence-electron chi connectivity index (χ1n) is 8.08. The second kappa shape index (κ2) is 10.6. The summed E-state index contributed by atoms with van der Waals surface area (Å²) in [5.41, 5.74) is 0.475. The van der Waals surface area contributed by atoms with Gasteiger partial charge < -0.3 is 14.2 Å². The van der Waals surface area contributed by atoms with Crippen molar-refractivity contribution in [2.45, 2.75) is 45.4 Å². The molecule has 1 aromatic rings. The van der Waals surface area contributed by atoms with E-state index in [2.05, 4.69) is 6.92 Å². The van der Waals surface area contributed by atoms with Crippen molar-refractivity contribution in [3.8, 4) is 5.75 Å². The Bertz CT molecular complexity index is 476. The highest BCUT2D eigenvalue weighted by atomic mass is 16.5. The first kappa shape index (κ1) is 19.0. The van der Waals surface area contributed by atoms with Crippen molar-refractivity contribution >= 4 is 11.9 Å². The lowest BCUT2D eigenvalue weighted by molar-refractivity contribution is 0.0589. The van der Waals surface area contributed by atoms with E-state index in [0.717, 1.165) is 12.8 Å². The normalized spacial score (nSPS) is 10.2. The van der Waals surface area contributed by atoms with Crippen molar-refractivity contribution in [2.75, 3.05) is 20.8 Å². The fourth-order valence-corrected chi connectivity index (χ4v) is 2.29. The minimum absolute atomic E-state index is 0.236. The Labute approximate surface area is 137 Å². The number of methoxy groups -OCH3 is 2. The summed E-state index contributed by atoms with van der Waals surface area (Å²) >= 11 is 0. The second-order valence-electron chi connectivity index (χ2n) is 5.28. The molecule has 0 unspecified atom stereocenters. The lowest BCUT2D eigenvalue weighted by Crippen LogP contribution is -2.12. The number of unbranched alkanes of at least 4 members (excludes halogenated alkanes) is 5. The van der Waals surface area contributed by atoms with E-state index in [0.29, 0.717) is 6.61 Å². The SMILES string of the molecule is CCCCCCCCOc1c(C(=O)OC)cccc1C(=O)OC. The number of benzene rings is 1. The second-order valence-corrected chi connectivity index (χ2v) is 5.28. The molecule has 0 N–H and O–H groups in total. The number of carbonyl (C=O) groups excluding carboxylic acids is 2. The summed E-state index contributed by atoms with van der Waals surface area (Å²) in [7, 11) is 2.59. The number of para-hydroxylation sites is 1. The van der Waals surface area contributed by atoms with Crippen LogP contribution in [0, 0.1) is 0 Å². The highest BCUT2D eigenvalue weighted by molar-refractivity contribution is 6.00. The molecule has 0 fully saturated rings. The highest BCUT2D eigenvalue weighted by Crippen LogP contribution is 2.26. The van der Waals surface area contributed by atoms with Gasteiger partial charge in [-0.05, 0) is 18.6 Å². The van der Waals surface area contributed by atoms with Gasteiger partial charge in [0.15, 0.2) is 0 Å². The Kier molecular flexibility index (Phi) is 8.80. The molecule has 0 amide bonds. The van der Waals surface area contributed by atoms with Crippen LogP contribution in [0.15, 0.2) is 18.2 Å². The molecule has 1 rings (SSSR count). The Balaban J connectivity index is 2.73. The van der Waals surface area contributed by atoms with E-state index < -0.39 is 11.9 Å². The first-order chi connectivity index (χ1) is 11.2. The summed E-state index contributed by atoms with van der Waals surface area (Å²) in [4.78, 5) is 23.7.